The third-order valence-electron chi connectivity index (χ3n) is 7.16. The molecule has 0 spiro atoms. The van der Waals surface area contributed by atoms with Gasteiger partial charge in [0.05, 0.1) is 11.1 Å². The maximum absolute atomic E-state index is 12.3. The van der Waals surface area contributed by atoms with E-state index in [1.807, 2.05) is 32.0 Å². The minimum absolute atomic E-state index is 0.0447. The average Bonchev–Trinajstić information content (AvgIpc) is 3.60. The van der Waals surface area contributed by atoms with E-state index in [0.29, 0.717) is 29.0 Å². The van der Waals surface area contributed by atoms with Crippen molar-refractivity contribution in [3.63, 3.8) is 0 Å². The Labute approximate surface area is 240 Å². The Morgan fingerprint density at radius 3 is 2.87 bits per heavy atom. The maximum Gasteiger partial charge on any atom is 0.225 e. The molecule has 4 atom stereocenters. The van der Waals surface area contributed by atoms with Crippen molar-refractivity contribution in [2.24, 2.45) is 5.41 Å². The number of rotatable bonds is 8. The van der Waals surface area contributed by atoms with Crippen LogP contribution in [0.15, 0.2) is 29.0 Å². The van der Waals surface area contributed by atoms with E-state index >= 15 is 0 Å². The number of carbonyl (C=O) groups excluding carboxylic acids is 1. The molecule has 1 saturated carbocycles. The number of aryl methyl sites for hydroxylation is 1. The second kappa shape index (κ2) is 11.0. The monoisotopic (exact) mass is 631 g/mol. The van der Waals surface area contributed by atoms with Crippen molar-refractivity contribution in [3.05, 3.63) is 39.6 Å². The second-order valence-corrected chi connectivity index (χ2v) is 13.4. The molecule has 1 fully saturated rings. The summed E-state index contributed by atoms with van der Waals surface area (Å²) in [5, 5.41) is 20.9. The number of hydrogen-bond donors (Lipinski definition) is 2. The smallest absolute Gasteiger partial charge is 0.225 e. The van der Waals surface area contributed by atoms with Crippen molar-refractivity contribution in [2.75, 3.05) is 12.4 Å². The second-order valence-electron chi connectivity index (χ2n) is 10.1. The Kier molecular flexibility index (Phi) is 7.82. The van der Waals surface area contributed by atoms with E-state index in [9.17, 15) is 13.6 Å². The van der Waals surface area contributed by atoms with Crippen LogP contribution >= 0.6 is 27.3 Å². The SMILES string of the molecule is CNC(=O)[C@]1(C)CC[C@@H](Nc2ncc3c(Br)nn(-c4ccc(-c5nnc(C)s5)c(CC(C)S(=O)[O-])c4)c3n2)C1. The molecular formula is C25H28BrN8O3S2-. The first-order chi connectivity index (χ1) is 18.6. The molecule has 1 aliphatic rings. The van der Waals surface area contributed by atoms with Crippen molar-refractivity contribution in [1.29, 1.82) is 0 Å². The van der Waals surface area contributed by atoms with Gasteiger partial charge in [-0.1, -0.05) is 36.3 Å². The average molecular weight is 633 g/mol. The summed E-state index contributed by atoms with van der Waals surface area (Å²) in [4.78, 5) is 21.6. The van der Waals surface area contributed by atoms with Crippen LogP contribution in [0.4, 0.5) is 5.95 Å². The van der Waals surface area contributed by atoms with Gasteiger partial charge in [0.25, 0.3) is 0 Å². The predicted molar refractivity (Wildman–Crippen MR) is 154 cm³/mol. The maximum atomic E-state index is 12.3. The molecule has 11 nitrogen and oxygen atoms in total. The molecule has 0 saturated heterocycles. The molecule has 3 aromatic heterocycles. The zero-order valence-corrected chi connectivity index (χ0v) is 25.1. The topological polar surface area (TPSA) is 151 Å². The number of carbonyl (C=O) groups is 1. The van der Waals surface area contributed by atoms with E-state index in [4.69, 9.17) is 4.98 Å². The minimum Gasteiger partial charge on any atom is -0.772 e. The van der Waals surface area contributed by atoms with Crippen LogP contribution in [0.25, 0.3) is 27.3 Å². The van der Waals surface area contributed by atoms with E-state index in [1.54, 1.807) is 24.9 Å². The fourth-order valence-electron chi connectivity index (χ4n) is 5.05. The van der Waals surface area contributed by atoms with Gasteiger partial charge in [-0.2, -0.15) is 10.1 Å². The summed E-state index contributed by atoms with van der Waals surface area (Å²) in [6, 6.07) is 5.83. The van der Waals surface area contributed by atoms with Crippen molar-refractivity contribution < 1.29 is 13.6 Å². The van der Waals surface area contributed by atoms with Gasteiger partial charge in [0.1, 0.15) is 14.6 Å². The molecule has 1 amide bonds. The highest BCUT2D eigenvalue weighted by Gasteiger charge is 2.41. The molecule has 1 aromatic carbocycles. The van der Waals surface area contributed by atoms with Gasteiger partial charge < -0.3 is 15.2 Å². The largest absolute Gasteiger partial charge is 0.772 e. The van der Waals surface area contributed by atoms with Crippen molar-refractivity contribution in [2.45, 2.75) is 57.7 Å². The number of fused-ring (bicyclic) bond motifs is 1. The predicted octanol–water partition coefficient (Wildman–Crippen LogP) is 3.93. The Morgan fingerprint density at radius 1 is 1.38 bits per heavy atom. The van der Waals surface area contributed by atoms with Gasteiger partial charge in [0.2, 0.25) is 11.9 Å². The molecule has 206 valence electrons. The molecule has 39 heavy (non-hydrogen) atoms. The minimum atomic E-state index is -2.22. The molecular weight excluding hydrogens is 604 g/mol. The molecule has 2 N–H and O–H groups in total. The zero-order chi connectivity index (χ0) is 27.9. The summed E-state index contributed by atoms with van der Waals surface area (Å²) < 4.78 is 25.6. The summed E-state index contributed by atoms with van der Waals surface area (Å²) in [5.41, 5.74) is 2.57. The number of nitrogens with zero attached hydrogens (tertiary/aromatic N) is 6. The van der Waals surface area contributed by atoms with Crippen LogP contribution in [0.5, 0.6) is 0 Å². The summed E-state index contributed by atoms with van der Waals surface area (Å²) in [5.74, 6) is 0.502. The molecule has 0 radical (unpaired) electrons. The van der Waals surface area contributed by atoms with E-state index in [-0.39, 0.29) is 11.9 Å². The van der Waals surface area contributed by atoms with Gasteiger partial charge in [-0.25, -0.2) is 9.67 Å². The van der Waals surface area contributed by atoms with Gasteiger partial charge in [0.15, 0.2) is 5.65 Å². The van der Waals surface area contributed by atoms with Gasteiger partial charge in [-0.3, -0.25) is 9.00 Å². The first kappa shape index (κ1) is 27.7. The highest BCUT2D eigenvalue weighted by molar-refractivity contribution is 9.10. The van der Waals surface area contributed by atoms with Crippen LogP contribution in [-0.4, -0.2) is 63.0 Å². The lowest BCUT2D eigenvalue weighted by Gasteiger charge is -2.22. The van der Waals surface area contributed by atoms with Crippen LogP contribution in [0.2, 0.25) is 0 Å². The van der Waals surface area contributed by atoms with Gasteiger partial charge in [-0.15, -0.1) is 10.2 Å². The first-order valence-corrected chi connectivity index (χ1v) is 15.2. The van der Waals surface area contributed by atoms with Crippen LogP contribution in [0, 0.1) is 12.3 Å². The van der Waals surface area contributed by atoms with Crippen molar-refractivity contribution in [1.82, 2.24) is 35.3 Å². The number of amides is 1. The lowest BCUT2D eigenvalue weighted by atomic mass is 9.87. The zero-order valence-electron chi connectivity index (χ0n) is 21.9. The molecule has 0 aliphatic heterocycles. The van der Waals surface area contributed by atoms with E-state index in [1.165, 1.54) is 11.3 Å². The summed E-state index contributed by atoms with van der Waals surface area (Å²) in [6.07, 6.45) is 4.33. The van der Waals surface area contributed by atoms with Gasteiger partial charge in [-0.05, 0) is 72.3 Å². The highest BCUT2D eigenvalue weighted by atomic mass is 79.9. The van der Waals surface area contributed by atoms with Crippen LogP contribution in [-0.2, 0) is 22.3 Å². The lowest BCUT2D eigenvalue weighted by molar-refractivity contribution is -0.129. The Hall–Kier alpha value is -2.81. The van der Waals surface area contributed by atoms with E-state index in [0.717, 1.165) is 45.1 Å². The van der Waals surface area contributed by atoms with Gasteiger partial charge in [0, 0.05) is 35.5 Å². The third kappa shape index (κ3) is 5.60. The molecule has 2 unspecified atom stereocenters. The first-order valence-electron chi connectivity index (χ1n) is 12.5. The summed E-state index contributed by atoms with van der Waals surface area (Å²) >= 11 is 2.76. The summed E-state index contributed by atoms with van der Waals surface area (Å²) in [6.45, 7) is 5.54. The fraction of sp³-hybridized carbons (Fsp3) is 0.440. The fourth-order valence-corrected chi connectivity index (χ4v) is 6.55. The quantitative estimate of drug-likeness (QED) is 0.276. The molecule has 5 rings (SSSR count). The molecule has 1 aliphatic carbocycles. The molecule has 4 aromatic rings. The Balaban J connectivity index is 1.50. The molecule has 0 bridgehead atoms. The highest BCUT2D eigenvalue weighted by Crippen LogP contribution is 2.39. The molecule has 14 heteroatoms. The molecule has 3 heterocycles. The van der Waals surface area contributed by atoms with Crippen LogP contribution in [0.1, 0.15) is 43.7 Å². The summed E-state index contributed by atoms with van der Waals surface area (Å²) in [7, 11) is 1.66. The number of anilines is 1. The number of nitrogens with one attached hydrogen (secondary N) is 2. The number of benzene rings is 1. The Morgan fingerprint density at radius 2 is 2.18 bits per heavy atom. The van der Waals surface area contributed by atoms with Crippen molar-refractivity contribution >= 4 is 61.2 Å². The number of aromatic nitrogens is 6. The standard InChI is InChI=1S/C25H29BrN8O3S2/c1-13(39(36)37)9-15-10-17(5-6-18(15)22-32-31-14(2)38-22)34-21-19(20(26)33-34)12-28-24(30-21)29-16-7-8-25(3,11-16)23(35)27-4/h5-6,10,12-13,16H,7-9,11H2,1-4H3,(H,27,35)(H,36,37)(H,28,29,30)/p-1/t13?,16-,25-/m1/s1. The van der Waals surface area contributed by atoms with E-state index in [2.05, 4.69) is 46.8 Å². The normalized spacial score (nSPS) is 20.7. The van der Waals surface area contributed by atoms with Crippen LogP contribution in [0.3, 0.4) is 0 Å². The third-order valence-corrected chi connectivity index (χ3v) is 9.44. The Bertz CT molecular complexity index is 1570. The van der Waals surface area contributed by atoms with E-state index < -0.39 is 21.7 Å². The van der Waals surface area contributed by atoms with Crippen LogP contribution < -0.4 is 10.6 Å². The van der Waals surface area contributed by atoms with Gasteiger partial charge >= 0.3 is 0 Å². The number of hydrogen-bond acceptors (Lipinski definition) is 10. The number of halogens is 1. The van der Waals surface area contributed by atoms with Crippen molar-refractivity contribution in [3.8, 4) is 16.3 Å². The lowest BCUT2D eigenvalue weighted by Crippen LogP contribution is -2.35.